The van der Waals surface area contributed by atoms with E-state index >= 15 is 0 Å². The van der Waals surface area contributed by atoms with Gasteiger partial charge in [-0.1, -0.05) is 42.1 Å². The molecule has 5 rings (SSSR count). The molecule has 2 aromatic heterocycles. The molecule has 0 aliphatic carbocycles. The Morgan fingerprint density at radius 3 is 2.83 bits per heavy atom. The Bertz CT molecular complexity index is 1300. The van der Waals surface area contributed by atoms with Crippen LogP contribution in [0.2, 0.25) is 0 Å². The van der Waals surface area contributed by atoms with Crippen molar-refractivity contribution in [1.29, 1.82) is 0 Å². The number of hydrogen-bond acceptors (Lipinski definition) is 7. The summed E-state index contributed by atoms with van der Waals surface area (Å²) < 4.78 is 12.4. The highest BCUT2D eigenvalue weighted by atomic mass is 79.9. The third-order valence-electron chi connectivity index (χ3n) is 4.45. The molecule has 4 aromatic rings. The van der Waals surface area contributed by atoms with Crippen LogP contribution in [0.5, 0.6) is 5.75 Å². The molecule has 146 valence electrons. The van der Waals surface area contributed by atoms with Gasteiger partial charge < -0.3 is 9.15 Å². The molecular formula is C20H15BrN4O3S. The monoisotopic (exact) mass is 470 g/mol. The lowest BCUT2D eigenvalue weighted by molar-refractivity contribution is 0.415. The molecule has 0 unspecified atom stereocenters. The second-order valence-electron chi connectivity index (χ2n) is 6.17. The molecule has 0 amide bonds. The molecule has 1 aliphatic rings. The van der Waals surface area contributed by atoms with Gasteiger partial charge in [0.15, 0.2) is 5.82 Å². The molecule has 1 aliphatic heterocycles. The van der Waals surface area contributed by atoms with Crippen LogP contribution in [0.3, 0.4) is 0 Å². The molecule has 2 aromatic carbocycles. The first-order valence-electron chi connectivity index (χ1n) is 8.57. The molecule has 7 nitrogen and oxygen atoms in total. The summed E-state index contributed by atoms with van der Waals surface area (Å²) in [6.45, 7) is 0. The van der Waals surface area contributed by atoms with Crippen LogP contribution >= 0.6 is 28.7 Å². The number of methoxy groups -OCH3 is 1. The summed E-state index contributed by atoms with van der Waals surface area (Å²) >= 11 is 1.48. The maximum Gasteiger partial charge on any atom is 0.345 e. The summed E-state index contributed by atoms with van der Waals surface area (Å²) in [6, 6.07) is 16.8. The van der Waals surface area contributed by atoms with Crippen LogP contribution in [0, 0.1) is 0 Å². The van der Waals surface area contributed by atoms with Crippen molar-refractivity contribution in [3.63, 3.8) is 0 Å². The fourth-order valence-corrected chi connectivity index (χ4v) is 3.89. The Balaban J connectivity index is 0.00000205. The highest BCUT2D eigenvalue weighted by molar-refractivity contribution is 8.93. The lowest BCUT2D eigenvalue weighted by Gasteiger charge is -2.13. The molecule has 0 bridgehead atoms. The first-order valence-corrected chi connectivity index (χ1v) is 9.55. The lowest BCUT2D eigenvalue weighted by atomic mass is 10.1. The van der Waals surface area contributed by atoms with Crippen molar-refractivity contribution < 1.29 is 9.15 Å². The zero-order valence-corrected chi connectivity index (χ0v) is 17.8. The van der Waals surface area contributed by atoms with Crippen molar-refractivity contribution in [2.75, 3.05) is 12.9 Å². The third kappa shape index (κ3) is 3.47. The molecule has 29 heavy (non-hydrogen) atoms. The van der Waals surface area contributed by atoms with Crippen molar-refractivity contribution in [2.24, 2.45) is 5.10 Å². The quantitative estimate of drug-likeness (QED) is 0.421. The summed E-state index contributed by atoms with van der Waals surface area (Å²) in [4.78, 5) is 12.5. The van der Waals surface area contributed by atoms with Crippen molar-refractivity contribution in [3.8, 4) is 17.1 Å². The Labute approximate surface area is 180 Å². The zero-order valence-electron chi connectivity index (χ0n) is 15.2. The summed E-state index contributed by atoms with van der Waals surface area (Å²) in [5, 5.41) is 14.7. The van der Waals surface area contributed by atoms with Crippen LogP contribution in [0.4, 0.5) is 0 Å². The molecule has 0 spiro atoms. The number of halogens is 1. The predicted octanol–water partition coefficient (Wildman–Crippen LogP) is 4.00. The van der Waals surface area contributed by atoms with Gasteiger partial charge in [-0.2, -0.15) is 9.78 Å². The number of thioether (sulfide) groups is 1. The largest absolute Gasteiger partial charge is 0.497 e. The molecule has 9 heteroatoms. The molecule has 0 atom stereocenters. The first kappa shape index (κ1) is 19.4. The maximum atomic E-state index is 12.5. The minimum atomic E-state index is -0.405. The first-order chi connectivity index (χ1) is 13.7. The average Bonchev–Trinajstić information content (AvgIpc) is 3.16. The summed E-state index contributed by atoms with van der Waals surface area (Å²) in [5.74, 6) is 1.82. The van der Waals surface area contributed by atoms with Gasteiger partial charge in [-0.05, 0) is 24.3 Å². The van der Waals surface area contributed by atoms with Crippen LogP contribution < -0.4 is 10.4 Å². The van der Waals surface area contributed by atoms with E-state index in [1.807, 2.05) is 48.5 Å². The van der Waals surface area contributed by atoms with Crippen LogP contribution in [0.15, 0.2) is 74.1 Å². The Kier molecular flexibility index (Phi) is 5.25. The second-order valence-corrected chi connectivity index (χ2v) is 7.11. The number of aromatic nitrogens is 3. The number of rotatable bonds is 3. The van der Waals surface area contributed by atoms with Crippen LogP contribution in [0.25, 0.3) is 22.4 Å². The molecule has 0 saturated carbocycles. The second kappa shape index (κ2) is 7.84. The van der Waals surface area contributed by atoms with E-state index in [0.29, 0.717) is 33.6 Å². The van der Waals surface area contributed by atoms with Crippen LogP contribution in [0.1, 0.15) is 5.56 Å². The van der Waals surface area contributed by atoms with Gasteiger partial charge in [0.2, 0.25) is 5.16 Å². The highest BCUT2D eigenvalue weighted by Crippen LogP contribution is 2.29. The van der Waals surface area contributed by atoms with Gasteiger partial charge in [0, 0.05) is 16.7 Å². The topological polar surface area (TPSA) is 82.5 Å². The summed E-state index contributed by atoms with van der Waals surface area (Å²) in [7, 11) is 1.61. The van der Waals surface area contributed by atoms with Gasteiger partial charge >= 0.3 is 5.63 Å². The van der Waals surface area contributed by atoms with Gasteiger partial charge in [-0.15, -0.1) is 27.2 Å². The highest BCUT2D eigenvalue weighted by Gasteiger charge is 2.23. The standard InChI is InChI=1S/C20H14N4O3S.BrH/c1-26-14-7-4-6-13(9-14)18-21-22-20-24(18)23-16(11-28-20)15-10-12-5-2-3-8-17(12)27-19(15)25;/h2-10H,11H2,1H3;1H. The van der Waals surface area contributed by atoms with Crippen molar-refractivity contribution >= 4 is 45.4 Å². The van der Waals surface area contributed by atoms with Crippen molar-refractivity contribution in [1.82, 2.24) is 14.9 Å². The van der Waals surface area contributed by atoms with E-state index in [9.17, 15) is 4.79 Å². The molecular weight excluding hydrogens is 456 g/mol. The predicted molar refractivity (Wildman–Crippen MR) is 117 cm³/mol. The Hall–Kier alpha value is -2.91. The van der Waals surface area contributed by atoms with Crippen molar-refractivity contribution in [3.05, 3.63) is 70.6 Å². The third-order valence-corrected chi connectivity index (χ3v) is 5.38. The normalized spacial score (nSPS) is 12.8. The Morgan fingerprint density at radius 1 is 1.10 bits per heavy atom. The SMILES string of the molecule is Br.COc1cccc(-c2nnc3n2N=C(c2cc4ccccc4oc2=O)CS3)c1. The number of nitrogens with zero attached hydrogens (tertiary/aromatic N) is 4. The molecule has 0 N–H and O–H groups in total. The van der Waals surface area contributed by atoms with Gasteiger partial charge in [-0.3, -0.25) is 0 Å². The van der Waals surface area contributed by atoms with E-state index in [1.165, 1.54) is 11.8 Å². The minimum Gasteiger partial charge on any atom is -0.497 e. The molecule has 0 radical (unpaired) electrons. The zero-order chi connectivity index (χ0) is 19.1. The van der Waals surface area contributed by atoms with E-state index in [2.05, 4.69) is 15.3 Å². The van der Waals surface area contributed by atoms with Crippen LogP contribution in [-0.4, -0.2) is 33.4 Å². The van der Waals surface area contributed by atoms with Crippen molar-refractivity contribution in [2.45, 2.75) is 5.16 Å². The number of fused-ring (bicyclic) bond motifs is 2. The number of benzene rings is 2. The van der Waals surface area contributed by atoms with Gasteiger partial charge in [0.05, 0.1) is 18.4 Å². The van der Waals surface area contributed by atoms with E-state index in [-0.39, 0.29) is 17.0 Å². The molecule has 0 saturated heterocycles. The minimum absolute atomic E-state index is 0. The van der Waals surface area contributed by atoms with E-state index in [1.54, 1.807) is 17.9 Å². The van der Waals surface area contributed by atoms with E-state index < -0.39 is 5.63 Å². The van der Waals surface area contributed by atoms with Gasteiger partial charge in [0.25, 0.3) is 0 Å². The average molecular weight is 471 g/mol. The number of hydrogen-bond donors (Lipinski definition) is 0. The van der Waals surface area contributed by atoms with Gasteiger partial charge in [-0.25, -0.2) is 4.79 Å². The molecule has 3 heterocycles. The smallest absolute Gasteiger partial charge is 0.345 e. The maximum absolute atomic E-state index is 12.5. The fraction of sp³-hybridized carbons (Fsp3) is 0.100. The van der Waals surface area contributed by atoms with E-state index in [0.717, 1.165) is 16.7 Å². The fourth-order valence-electron chi connectivity index (χ4n) is 3.06. The van der Waals surface area contributed by atoms with E-state index in [4.69, 9.17) is 9.15 Å². The lowest BCUT2D eigenvalue weighted by Crippen LogP contribution is -2.20. The summed E-state index contributed by atoms with van der Waals surface area (Å²) in [6.07, 6.45) is 0. The van der Waals surface area contributed by atoms with Crippen LogP contribution in [-0.2, 0) is 0 Å². The number of ether oxygens (including phenoxy) is 1. The Morgan fingerprint density at radius 2 is 1.97 bits per heavy atom. The number of para-hydroxylation sites is 1. The molecule has 0 fully saturated rings. The van der Waals surface area contributed by atoms with Gasteiger partial charge in [0.1, 0.15) is 11.3 Å². The summed E-state index contributed by atoms with van der Waals surface area (Å²) in [5.41, 5.74) is 2.05.